The summed E-state index contributed by atoms with van der Waals surface area (Å²) in [4.78, 5) is 11.7. The summed E-state index contributed by atoms with van der Waals surface area (Å²) in [5.41, 5.74) is 0. The van der Waals surface area contributed by atoms with Gasteiger partial charge in [0.25, 0.3) is 0 Å². The van der Waals surface area contributed by atoms with Crippen LogP contribution in [0.3, 0.4) is 0 Å². The third kappa shape index (κ3) is 5.02. The zero-order chi connectivity index (χ0) is 16.7. The molecule has 0 radical (unpaired) electrons. The number of carbonyl (C=O) groups excluding carboxylic acids is 1. The van der Waals surface area contributed by atoms with Gasteiger partial charge in [-0.1, -0.05) is 30.3 Å². The predicted octanol–water partition coefficient (Wildman–Crippen LogP) is 1.01. The van der Waals surface area contributed by atoms with Crippen molar-refractivity contribution in [1.29, 1.82) is 0 Å². The first-order valence-electron chi connectivity index (χ1n) is 7.39. The summed E-state index contributed by atoms with van der Waals surface area (Å²) in [6, 6.07) is 12.4. The van der Waals surface area contributed by atoms with Crippen molar-refractivity contribution in [1.82, 2.24) is 10.0 Å². The van der Waals surface area contributed by atoms with Crippen molar-refractivity contribution in [2.45, 2.75) is 17.7 Å². The van der Waals surface area contributed by atoms with Crippen LogP contribution in [0.15, 0.2) is 47.4 Å². The first-order valence-corrected chi connectivity index (χ1v) is 8.87. The number of hydrogen-bond acceptors (Lipinski definition) is 4. The van der Waals surface area contributed by atoms with Crippen LogP contribution in [-0.2, 0) is 14.8 Å². The Bertz CT molecular complexity index is 774. The van der Waals surface area contributed by atoms with Gasteiger partial charge in [-0.2, -0.15) is 0 Å². The first-order chi connectivity index (χ1) is 11.0. The largest absolute Gasteiger partial charge is 0.396 e. The second-order valence-electron chi connectivity index (χ2n) is 5.08. The zero-order valence-corrected chi connectivity index (χ0v) is 13.5. The van der Waals surface area contributed by atoms with E-state index in [1.807, 2.05) is 24.3 Å². The Morgan fingerprint density at radius 2 is 1.78 bits per heavy atom. The minimum atomic E-state index is -3.64. The van der Waals surface area contributed by atoms with Crippen LogP contribution in [-0.4, -0.2) is 39.1 Å². The number of amides is 1. The van der Waals surface area contributed by atoms with Crippen LogP contribution in [0.4, 0.5) is 0 Å². The van der Waals surface area contributed by atoms with Gasteiger partial charge in [0.1, 0.15) is 0 Å². The van der Waals surface area contributed by atoms with Crippen LogP contribution >= 0.6 is 0 Å². The summed E-state index contributed by atoms with van der Waals surface area (Å²) >= 11 is 0. The van der Waals surface area contributed by atoms with Crippen molar-refractivity contribution < 1.29 is 18.3 Å². The van der Waals surface area contributed by atoms with Crippen molar-refractivity contribution in [3.05, 3.63) is 42.5 Å². The van der Waals surface area contributed by atoms with Crippen molar-refractivity contribution in [3.8, 4) is 0 Å². The zero-order valence-electron chi connectivity index (χ0n) is 12.7. The van der Waals surface area contributed by atoms with E-state index >= 15 is 0 Å². The number of fused-ring (bicyclic) bond motifs is 1. The Balaban J connectivity index is 1.94. The summed E-state index contributed by atoms with van der Waals surface area (Å²) in [5.74, 6) is -0.250. The second kappa shape index (κ2) is 8.05. The molecule has 0 unspecified atom stereocenters. The average molecular weight is 336 g/mol. The molecule has 2 aromatic carbocycles. The van der Waals surface area contributed by atoms with Crippen LogP contribution in [0.5, 0.6) is 0 Å². The highest BCUT2D eigenvalue weighted by Gasteiger charge is 2.14. The third-order valence-corrected chi connectivity index (χ3v) is 4.79. The standard InChI is InChI=1S/C16H20N2O4S/c19-11-3-9-17-16(20)8-10-18-23(21,22)15-7-6-13-4-1-2-5-14(13)12-15/h1-2,4-7,12,18-19H,3,8-11H2,(H,17,20). The van der Waals surface area contributed by atoms with Crippen LogP contribution in [0.2, 0.25) is 0 Å². The van der Waals surface area contributed by atoms with Crippen molar-refractivity contribution in [2.75, 3.05) is 19.7 Å². The molecule has 0 aliphatic carbocycles. The van der Waals surface area contributed by atoms with Gasteiger partial charge in [-0.25, -0.2) is 13.1 Å². The lowest BCUT2D eigenvalue weighted by Gasteiger charge is -2.08. The van der Waals surface area contributed by atoms with Crippen LogP contribution in [0.25, 0.3) is 10.8 Å². The highest BCUT2D eigenvalue weighted by atomic mass is 32.2. The lowest BCUT2D eigenvalue weighted by Crippen LogP contribution is -2.31. The van der Waals surface area contributed by atoms with Crippen molar-refractivity contribution in [2.24, 2.45) is 0 Å². The van der Waals surface area contributed by atoms with E-state index in [9.17, 15) is 13.2 Å². The first kappa shape index (κ1) is 17.4. The molecular formula is C16H20N2O4S. The summed E-state index contributed by atoms with van der Waals surface area (Å²) in [7, 11) is -3.64. The van der Waals surface area contributed by atoms with E-state index in [0.717, 1.165) is 10.8 Å². The quantitative estimate of drug-likeness (QED) is 0.627. The molecule has 0 saturated heterocycles. The number of benzene rings is 2. The summed E-state index contributed by atoms with van der Waals surface area (Å²) in [6.07, 6.45) is 0.535. The van der Waals surface area contributed by atoms with E-state index in [1.165, 1.54) is 0 Å². The second-order valence-corrected chi connectivity index (χ2v) is 6.85. The maximum atomic E-state index is 12.2. The lowest BCUT2D eigenvalue weighted by molar-refractivity contribution is -0.120. The van der Waals surface area contributed by atoms with Gasteiger partial charge in [0.2, 0.25) is 15.9 Å². The monoisotopic (exact) mass is 336 g/mol. The van der Waals surface area contributed by atoms with Gasteiger partial charge in [0.15, 0.2) is 0 Å². The summed E-state index contributed by atoms with van der Waals surface area (Å²) < 4.78 is 26.9. The number of carbonyl (C=O) groups is 1. The molecule has 6 nitrogen and oxygen atoms in total. The molecule has 0 heterocycles. The smallest absolute Gasteiger partial charge is 0.240 e. The number of nitrogens with one attached hydrogen (secondary N) is 2. The number of aliphatic hydroxyl groups is 1. The van der Waals surface area contributed by atoms with Gasteiger partial charge >= 0.3 is 0 Å². The van der Waals surface area contributed by atoms with Crippen molar-refractivity contribution in [3.63, 3.8) is 0 Å². The number of rotatable bonds is 8. The van der Waals surface area contributed by atoms with Gasteiger partial charge in [-0.3, -0.25) is 4.79 Å². The fourth-order valence-corrected chi connectivity index (χ4v) is 3.18. The molecule has 0 aliphatic rings. The Kier molecular flexibility index (Phi) is 6.09. The highest BCUT2D eigenvalue weighted by molar-refractivity contribution is 7.89. The number of aliphatic hydroxyl groups excluding tert-OH is 1. The van der Waals surface area contributed by atoms with E-state index in [2.05, 4.69) is 10.0 Å². The molecule has 0 bridgehead atoms. The molecule has 0 atom stereocenters. The molecule has 0 aliphatic heterocycles. The Hall–Kier alpha value is -1.96. The van der Waals surface area contributed by atoms with Gasteiger partial charge in [0.05, 0.1) is 4.90 Å². The van der Waals surface area contributed by atoms with E-state index in [-0.39, 0.29) is 30.4 Å². The molecule has 7 heteroatoms. The Labute approximate surface area is 135 Å². The van der Waals surface area contributed by atoms with E-state index in [1.54, 1.807) is 18.2 Å². The van der Waals surface area contributed by atoms with Crippen LogP contribution in [0.1, 0.15) is 12.8 Å². The molecule has 0 aromatic heterocycles. The molecule has 0 saturated carbocycles. The minimum absolute atomic E-state index is 0.00880. The predicted molar refractivity (Wildman–Crippen MR) is 88.5 cm³/mol. The third-order valence-electron chi connectivity index (χ3n) is 3.33. The van der Waals surface area contributed by atoms with E-state index in [4.69, 9.17) is 5.11 Å². The van der Waals surface area contributed by atoms with Crippen LogP contribution in [0, 0.1) is 0 Å². The van der Waals surface area contributed by atoms with Gasteiger partial charge in [-0.05, 0) is 29.3 Å². The minimum Gasteiger partial charge on any atom is -0.396 e. The van der Waals surface area contributed by atoms with Gasteiger partial charge in [0, 0.05) is 26.1 Å². The topological polar surface area (TPSA) is 95.5 Å². The van der Waals surface area contributed by atoms with Crippen LogP contribution < -0.4 is 10.0 Å². The van der Waals surface area contributed by atoms with Gasteiger partial charge < -0.3 is 10.4 Å². The molecule has 0 spiro atoms. The molecule has 124 valence electrons. The molecule has 23 heavy (non-hydrogen) atoms. The van der Waals surface area contributed by atoms with E-state index in [0.29, 0.717) is 13.0 Å². The number of sulfonamides is 1. The average Bonchev–Trinajstić information content (AvgIpc) is 2.54. The van der Waals surface area contributed by atoms with Crippen molar-refractivity contribution >= 4 is 26.7 Å². The maximum absolute atomic E-state index is 12.2. The fourth-order valence-electron chi connectivity index (χ4n) is 2.11. The molecule has 1 amide bonds. The molecular weight excluding hydrogens is 316 g/mol. The fraction of sp³-hybridized carbons (Fsp3) is 0.312. The molecule has 3 N–H and O–H groups in total. The molecule has 2 aromatic rings. The molecule has 0 fully saturated rings. The normalized spacial score (nSPS) is 11.5. The Morgan fingerprint density at radius 3 is 2.52 bits per heavy atom. The highest BCUT2D eigenvalue weighted by Crippen LogP contribution is 2.18. The lowest BCUT2D eigenvalue weighted by atomic mass is 10.1. The number of hydrogen-bond donors (Lipinski definition) is 3. The maximum Gasteiger partial charge on any atom is 0.240 e. The summed E-state index contributed by atoms with van der Waals surface area (Å²) in [5, 5.41) is 13.0. The Morgan fingerprint density at radius 1 is 1.04 bits per heavy atom. The van der Waals surface area contributed by atoms with E-state index < -0.39 is 10.0 Å². The van der Waals surface area contributed by atoms with Gasteiger partial charge in [-0.15, -0.1) is 0 Å². The SMILES string of the molecule is O=C(CCNS(=O)(=O)c1ccc2ccccc2c1)NCCCO. The molecule has 2 rings (SSSR count). The summed E-state index contributed by atoms with van der Waals surface area (Å²) in [6.45, 7) is 0.418.